The Kier molecular flexibility index (Phi) is 2.26. The Balaban J connectivity index is 2.06. The average Bonchev–Trinajstić information content (AvgIpc) is 2.86. The van der Waals surface area contributed by atoms with E-state index in [0.717, 1.165) is 28.9 Å². The van der Waals surface area contributed by atoms with Crippen molar-refractivity contribution in [1.29, 1.82) is 0 Å². The lowest BCUT2D eigenvalue weighted by Crippen LogP contribution is -1.92. The first-order valence-corrected chi connectivity index (χ1v) is 5.17. The second-order valence-electron chi connectivity index (χ2n) is 3.69. The molecule has 0 atom stereocenters. The third-order valence-electron chi connectivity index (χ3n) is 2.60. The summed E-state index contributed by atoms with van der Waals surface area (Å²) in [6, 6.07) is 7.44. The van der Waals surface area contributed by atoms with Crippen molar-refractivity contribution in [2.75, 3.05) is 6.79 Å². The first-order valence-electron chi connectivity index (χ1n) is 5.17. The fraction of sp³-hybridized carbons (Fsp3) is 0.0769. The Morgan fingerprint density at radius 2 is 1.94 bits per heavy atom. The molecular weight excluding hydrogens is 218 g/mol. The standard InChI is InChI=1S/C13H9NO3/c15-7-9-3-11(6-14-5-9)10-1-2-12-13(4-10)17-8-16-12/h1-7H,8H2. The van der Waals surface area contributed by atoms with Crippen LogP contribution in [0.2, 0.25) is 0 Å². The zero-order valence-electron chi connectivity index (χ0n) is 8.92. The summed E-state index contributed by atoms with van der Waals surface area (Å²) < 4.78 is 10.5. The maximum Gasteiger partial charge on any atom is 0.231 e. The van der Waals surface area contributed by atoms with Gasteiger partial charge >= 0.3 is 0 Å². The monoisotopic (exact) mass is 227 g/mol. The minimum atomic E-state index is 0.255. The van der Waals surface area contributed by atoms with Gasteiger partial charge < -0.3 is 9.47 Å². The second kappa shape index (κ2) is 3.90. The van der Waals surface area contributed by atoms with E-state index in [0.29, 0.717) is 5.56 Å². The Labute approximate surface area is 97.8 Å². The highest BCUT2D eigenvalue weighted by Crippen LogP contribution is 2.35. The number of carbonyl (C=O) groups excluding carboxylic acids is 1. The summed E-state index contributed by atoms with van der Waals surface area (Å²) in [5, 5.41) is 0. The summed E-state index contributed by atoms with van der Waals surface area (Å²) in [5.74, 6) is 1.47. The summed E-state index contributed by atoms with van der Waals surface area (Å²) in [6.45, 7) is 0.255. The Hall–Kier alpha value is -2.36. The van der Waals surface area contributed by atoms with Crippen LogP contribution in [0.5, 0.6) is 11.5 Å². The van der Waals surface area contributed by atoms with Gasteiger partial charge in [-0.2, -0.15) is 0 Å². The van der Waals surface area contributed by atoms with Crippen LogP contribution >= 0.6 is 0 Å². The van der Waals surface area contributed by atoms with Crippen molar-refractivity contribution in [3.8, 4) is 22.6 Å². The topological polar surface area (TPSA) is 48.4 Å². The fourth-order valence-electron chi connectivity index (χ4n) is 1.76. The van der Waals surface area contributed by atoms with Crippen molar-refractivity contribution in [3.05, 3.63) is 42.2 Å². The van der Waals surface area contributed by atoms with Crippen LogP contribution in [0.4, 0.5) is 0 Å². The van der Waals surface area contributed by atoms with Crippen LogP contribution in [0.25, 0.3) is 11.1 Å². The summed E-state index contributed by atoms with van der Waals surface area (Å²) in [6.07, 6.45) is 4.03. The second-order valence-corrected chi connectivity index (χ2v) is 3.69. The molecule has 0 spiro atoms. The van der Waals surface area contributed by atoms with Crippen LogP contribution < -0.4 is 9.47 Å². The summed E-state index contributed by atoms with van der Waals surface area (Å²) in [5.41, 5.74) is 2.39. The lowest BCUT2D eigenvalue weighted by molar-refractivity contribution is 0.112. The first-order chi connectivity index (χ1) is 8.36. The maximum absolute atomic E-state index is 10.7. The molecule has 2 aromatic rings. The number of benzene rings is 1. The van der Waals surface area contributed by atoms with Crippen molar-refractivity contribution < 1.29 is 14.3 Å². The molecule has 0 bridgehead atoms. The van der Waals surface area contributed by atoms with Crippen LogP contribution in [0, 0.1) is 0 Å². The van der Waals surface area contributed by atoms with Gasteiger partial charge in [0.15, 0.2) is 17.8 Å². The number of hydrogen-bond acceptors (Lipinski definition) is 4. The molecule has 0 saturated heterocycles. The van der Waals surface area contributed by atoms with Gasteiger partial charge in [-0.15, -0.1) is 0 Å². The number of carbonyl (C=O) groups is 1. The smallest absolute Gasteiger partial charge is 0.231 e. The van der Waals surface area contributed by atoms with Crippen molar-refractivity contribution in [2.45, 2.75) is 0 Å². The molecule has 1 aliphatic heterocycles. The number of aldehydes is 1. The van der Waals surface area contributed by atoms with Gasteiger partial charge in [-0.3, -0.25) is 9.78 Å². The minimum Gasteiger partial charge on any atom is -0.454 e. The Bertz CT molecular complexity index is 581. The van der Waals surface area contributed by atoms with Crippen LogP contribution in [0.3, 0.4) is 0 Å². The maximum atomic E-state index is 10.7. The van der Waals surface area contributed by atoms with Crippen LogP contribution in [0.1, 0.15) is 10.4 Å². The molecule has 0 unspecified atom stereocenters. The number of pyridine rings is 1. The molecule has 1 aromatic carbocycles. The van der Waals surface area contributed by atoms with Gasteiger partial charge in [0.05, 0.1) is 0 Å². The number of fused-ring (bicyclic) bond motifs is 1. The molecule has 0 N–H and O–H groups in total. The molecule has 2 heterocycles. The fourth-order valence-corrected chi connectivity index (χ4v) is 1.76. The van der Waals surface area contributed by atoms with E-state index in [4.69, 9.17) is 9.47 Å². The number of aromatic nitrogens is 1. The SMILES string of the molecule is O=Cc1cncc(-c2ccc3c(c2)OCO3)c1. The molecule has 4 nitrogen and oxygen atoms in total. The number of rotatable bonds is 2. The number of ether oxygens (including phenoxy) is 2. The van der Waals surface area contributed by atoms with Gasteiger partial charge in [0.25, 0.3) is 0 Å². The zero-order valence-corrected chi connectivity index (χ0v) is 8.92. The lowest BCUT2D eigenvalue weighted by atomic mass is 10.1. The zero-order chi connectivity index (χ0) is 11.7. The largest absolute Gasteiger partial charge is 0.454 e. The molecule has 17 heavy (non-hydrogen) atoms. The molecule has 84 valence electrons. The van der Waals surface area contributed by atoms with Crippen molar-refractivity contribution in [2.24, 2.45) is 0 Å². The molecule has 0 saturated carbocycles. The number of hydrogen-bond donors (Lipinski definition) is 0. The van der Waals surface area contributed by atoms with Crippen LogP contribution in [-0.2, 0) is 0 Å². The van der Waals surface area contributed by atoms with Crippen molar-refractivity contribution >= 4 is 6.29 Å². The highest BCUT2D eigenvalue weighted by Gasteiger charge is 2.13. The molecule has 4 heteroatoms. The van der Waals surface area contributed by atoms with E-state index in [-0.39, 0.29) is 6.79 Å². The third-order valence-corrected chi connectivity index (χ3v) is 2.60. The molecule has 0 fully saturated rings. The van der Waals surface area contributed by atoms with Crippen LogP contribution in [0.15, 0.2) is 36.7 Å². The lowest BCUT2D eigenvalue weighted by Gasteiger charge is -2.03. The predicted octanol–water partition coefficient (Wildman–Crippen LogP) is 2.29. The first kappa shape index (κ1) is 9.84. The summed E-state index contributed by atoms with van der Waals surface area (Å²) >= 11 is 0. The molecule has 3 rings (SSSR count). The predicted molar refractivity (Wildman–Crippen MR) is 61.2 cm³/mol. The van der Waals surface area contributed by atoms with E-state index in [1.54, 1.807) is 12.3 Å². The van der Waals surface area contributed by atoms with Crippen molar-refractivity contribution in [3.63, 3.8) is 0 Å². The molecule has 1 aliphatic rings. The van der Waals surface area contributed by atoms with Gasteiger partial charge in [0.1, 0.15) is 0 Å². The van der Waals surface area contributed by atoms with Gasteiger partial charge in [-0.25, -0.2) is 0 Å². The van der Waals surface area contributed by atoms with Gasteiger partial charge in [-0.1, -0.05) is 6.07 Å². The molecule has 0 amide bonds. The quantitative estimate of drug-likeness (QED) is 0.738. The van der Waals surface area contributed by atoms with E-state index >= 15 is 0 Å². The molecular formula is C13H9NO3. The Morgan fingerprint density at radius 3 is 2.82 bits per heavy atom. The van der Waals surface area contributed by atoms with Crippen molar-refractivity contribution in [1.82, 2.24) is 4.98 Å². The molecule has 0 aliphatic carbocycles. The van der Waals surface area contributed by atoms with Gasteiger partial charge in [0.2, 0.25) is 6.79 Å². The van der Waals surface area contributed by atoms with E-state index < -0.39 is 0 Å². The van der Waals surface area contributed by atoms with E-state index in [9.17, 15) is 4.79 Å². The van der Waals surface area contributed by atoms with E-state index in [1.807, 2.05) is 18.2 Å². The normalized spacial score (nSPS) is 12.5. The highest BCUT2D eigenvalue weighted by atomic mass is 16.7. The highest BCUT2D eigenvalue weighted by molar-refractivity contribution is 5.78. The summed E-state index contributed by atoms with van der Waals surface area (Å²) in [7, 11) is 0. The Morgan fingerprint density at radius 1 is 1.06 bits per heavy atom. The average molecular weight is 227 g/mol. The van der Waals surface area contributed by atoms with Crippen LogP contribution in [-0.4, -0.2) is 18.1 Å². The van der Waals surface area contributed by atoms with E-state index in [1.165, 1.54) is 6.20 Å². The molecule has 0 radical (unpaired) electrons. The molecule has 1 aromatic heterocycles. The summed E-state index contributed by atoms with van der Waals surface area (Å²) in [4.78, 5) is 14.7. The van der Waals surface area contributed by atoms with E-state index in [2.05, 4.69) is 4.98 Å². The van der Waals surface area contributed by atoms with Gasteiger partial charge in [0, 0.05) is 23.5 Å². The third kappa shape index (κ3) is 1.73. The number of nitrogens with zero attached hydrogens (tertiary/aromatic N) is 1. The van der Waals surface area contributed by atoms with Gasteiger partial charge in [-0.05, 0) is 23.8 Å². The minimum absolute atomic E-state index is 0.255.